The number of aryl methyl sites for hydroxylation is 1. The van der Waals surface area contributed by atoms with Crippen molar-refractivity contribution in [1.29, 1.82) is 0 Å². The Morgan fingerprint density at radius 1 is 1.07 bits per heavy atom. The molecule has 7 nitrogen and oxygen atoms in total. The third-order valence-electron chi connectivity index (χ3n) is 4.12. The van der Waals surface area contributed by atoms with E-state index in [-0.39, 0.29) is 10.8 Å². The molecule has 0 amide bonds. The van der Waals surface area contributed by atoms with E-state index >= 15 is 0 Å². The molecule has 0 aliphatic heterocycles. The van der Waals surface area contributed by atoms with E-state index in [4.69, 9.17) is 5.73 Å². The maximum absolute atomic E-state index is 11.7. The second kappa shape index (κ2) is 8.29. The normalized spacial score (nSPS) is 10.9. The Balaban J connectivity index is 2.02. The van der Waals surface area contributed by atoms with Gasteiger partial charge in [-0.1, -0.05) is 24.0 Å². The predicted octanol–water partition coefficient (Wildman–Crippen LogP) is 2.66. The summed E-state index contributed by atoms with van der Waals surface area (Å²) in [7, 11) is -3.28. The highest BCUT2D eigenvalue weighted by Crippen LogP contribution is 2.25. The molecule has 0 spiro atoms. The molecule has 0 aliphatic rings. The van der Waals surface area contributed by atoms with Crippen LogP contribution in [0.4, 0.5) is 11.8 Å². The van der Waals surface area contributed by atoms with Crippen LogP contribution in [0.3, 0.4) is 0 Å². The molecule has 8 heteroatoms. The van der Waals surface area contributed by atoms with Crippen molar-refractivity contribution < 1.29 is 8.42 Å². The van der Waals surface area contributed by atoms with Gasteiger partial charge in [0.2, 0.25) is 5.95 Å². The van der Waals surface area contributed by atoms with Crippen molar-refractivity contribution in [3.63, 3.8) is 0 Å². The van der Waals surface area contributed by atoms with Crippen LogP contribution in [0.15, 0.2) is 47.5 Å². The summed E-state index contributed by atoms with van der Waals surface area (Å²) in [6, 6.07) is 10.2. The lowest BCUT2D eigenvalue weighted by atomic mass is 10.0. The van der Waals surface area contributed by atoms with Gasteiger partial charge in [-0.2, -0.15) is 0 Å². The Labute approximate surface area is 170 Å². The van der Waals surface area contributed by atoms with Gasteiger partial charge in [-0.15, -0.1) is 0 Å². The van der Waals surface area contributed by atoms with Crippen molar-refractivity contribution in [2.45, 2.75) is 18.7 Å². The minimum absolute atomic E-state index is 0.131. The lowest BCUT2D eigenvalue weighted by molar-refractivity contribution is 0.602. The van der Waals surface area contributed by atoms with E-state index in [9.17, 15) is 8.42 Å². The Morgan fingerprint density at radius 2 is 1.79 bits per heavy atom. The molecule has 0 saturated heterocycles. The zero-order valence-corrected chi connectivity index (χ0v) is 17.2. The number of nitrogen functional groups attached to an aromatic ring is 1. The van der Waals surface area contributed by atoms with Crippen LogP contribution in [-0.2, 0) is 9.84 Å². The fraction of sp³-hybridized carbons (Fsp3) is 0.190. The number of aromatic nitrogens is 3. The van der Waals surface area contributed by atoms with Crippen LogP contribution in [0.25, 0.3) is 11.3 Å². The van der Waals surface area contributed by atoms with Crippen molar-refractivity contribution >= 4 is 21.6 Å². The summed E-state index contributed by atoms with van der Waals surface area (Å²) in [6.45, 7) is 4.60. The largest absolute Gasteiger partial charge is 0.370 e. The van der Waals surface area contributed by atoms with Crippen molar-refractivity contribution in [2.24, 2.45) is 0 Å². The molecule has 0 unspecified atom stereocenters. The van der Waals surface area contributed by atoms with Gasteiger partial charge < -0.3 is 11.1 Å². The topological polar surface area (TPSA) is 111 Å². The summed E-state index contributed by atoms with van der Waals surface area (Å²) < 4.78 is 23.4. The first kappa shape index (κ1) is 20.3. The Morgan fingerprint density at radius 3 is 2.38 bits per heavy atom. The van der Waals surface area contributed by atoms with E-state index in [1.807, 2.05) is 26.0 Å². The monoisotopic (exact) mass is 407 g/mol. The smallest absolute Gasteiger partial charge is 0.220 e. The number of hydrogen-bond acceptors (Lipinski definition) is 7. The van der Waals surface area contributed by atoms with E-state index in [1.54, 1.807) is 30.5 Å². The molecular formula is C21H21N5O2S. The number of pyridine rings is 1. The van der Waals surface area contributed by atoms with Crippen LogP contribution in [0, 0.1) is 18.8 Å². The molecule has 0 aliphatic carbocycles. The maximum atomic E-state index is 11.7. The average Bonchev–Trinajstić information content (AvgIpc) is 2.67. The van der Waals surface area contributed by atoms with Gasteiger partial charge in [-0.05, 0) is 38.1 Å². The molecule has 148 valence electrons. The number of nitrogens with zero attached hydrogens (tertiary/aromatic N) is 3. The number of hydrogen-bond donors (Lipinski definition) is 2. The van der Waals surface area contributed by atoms with Crippen molar-refractivity contribution in [3.05, 3.63) is 59.4 Å². The molecule has 0 fully saturated rings. The quantitative estimate of drug-likeness (QED) is 0.640. The highest BCUT2D eigenvalue weighted by Gasteiger charge is 2.13. The molecule has 0 bridgehead atoms. The van der Waals surface area contributed by atoms with Gasteiger partial charge in [0.25, 0.3) is 0 Å². The first-order chi connectivity index (χ1) is 13.8. The second-order valence-electron chi connectivity index (χ2n) is 6.40. The lowest BCUT2D eigenvalue weighted by Gasteiger charge is -2.08. The molecule has 3 N–H and O–H groups in total. The first-order valence-corrected chi connectivity index (χ1v) is 10.8. The molecule has 3 rings (SSSR count). The molecule has 0 radical (unpaired) electrons. The molecule has 2 heterocycles. The average molecular weight is 407 g/mol. The third kappa shape index (κ3) is 4.89. The summed E-state index contributed by atoms with van der Waals surface area (Å²) in [5.41, 5.74) is 9.12. The van der Waals surface area contributed by atoms with Crippen LogP contribution < -0.4 is 11.1 Å². The molecule has 0 saturated carbocycles. The number of benzene rings is 1. The maximum Gasteiger partial charge on any atom is 0.220 e. The highest BCUT2D eigenvalue weighted by molar-refractivity contribution is 7.90. The van der Waals surface area contributed by atoms with Crippen molar-refractivity contribution in [2.75, 3.05) is 23.9 Å². The standard InChI is InChI=1S/C21H21N5O2S/c1-4-23-19-12-6-15(13-24-19)5-11-18-14(2)25-21(22)26-20(18)16-7-9-17(10-8-16)29(3,27)28/h6-10,12-13H,4H2,1-3H3,(H,23,24)(H2,22,25,26). The van der Waals surface area contributed by atoms with Crippen LogP contribution in [0.1, 0.15) is 23.7 Å². The van der Waals surface area contributed by atoms with Gasteiger partial charge >= 0.3 is 0 Å². The minimum Gasteiger partial charge on any atom is -0.370 e. The molecule has 1 aromatic carbocycles. The van der Waals surface area contributed by atoms with Gasteiger partial charge in [0, 0.05) is 30.1 Å². The zero-order chi connectivity index (χ0) is 21.0. The molecular weight excluding hydrogens is 386 g/mol. The van der Waals surface area contributed by atoms with Crippen LogP contribution in [0.2, 0.25) is 0 Å². The van der Waals surface area contributed by atoms with E-state index in [1.165, 1.54) is 6.26 Å². The Kier molecular flexibility index (Phi) is 5.80. The number of nitrogens with two attached hydrogens (primary N) is 1. The van der Waals surface area contributed by atoms with Gasteiger partial charge in [0.15, 0.2) is 9.84 Å². The summed E-state index contributed by atoms with van der Waals surface area (Å²) in [5, 5.41) is 3.13. The SMILES string of the molecule is CCNc1ccc(C#Cc2c(C)nc(N)nc2-c2ccc(S(C)(=O)=O)cc2)cn1. The summed E-state index contributed by atoms with van der Waals surface area (Å²) >= 11 is 0. The summed E-state index contributed by atoms with van der Waals surface area (Å²) in [6.07, 6.45) is 2.86. The van der Waals surface area contributed by atoms with Crippen molar-refractivity contribution in [1.82, 2.24) is 15.0 Å². The number of nitrogens with one attached hydrogen (secondary N) is 1. The van der Waals surface area contributed by atoms with E-state index in [2.05, 4.69) is 32.1 Å². The van der Waals surface area contributed by atoms with Gasteiger partial charge in [-0.3, -0.25) is 0 Å². The zero-order valence-electron chi connectivity index (χ0n) is 16.4. The Bertz CT molecular complexity index is 1190. The summed E-state index contributed by atoms with van der Waals surface area (Å²) in [5.74, 6) is 7.11. The number of anilines is 2. The number of rotatable bonds is 4. The van der Waals surface area contributed by atoms with Gasteiger partial charge in [-0.25, -0.2) is 23.4 Å². The lowest BCUT2D eigenvalue weighted by Crippen LogP contribution is -2.03. The fourth-order valence-corrected chi connectivity index (χ4v) is 3.33. The van der Waals surface area contributed by atoms with Crippen molar-refractivity contribution in [3.8, 4) is 23.1 Å². The van der Waals surface area contributed by atoms with Gasteiger partial charge in [0.05, 0.1) is 21.8 Å². The van der Waals surface area contributed by atoms with Crippen LogP contribution in [-0.4, -0.2) is 36.2 Å². The van der Waals surface area contributed by atoms with Crippen LogP contribution in [0.5, 0.6) is 0 Å². The highest BCUT2D eigenvalue weighted by atomic mass is 32.2. The minimum atomic E-state index is -3.28. The predicted molar refractivity (Wildman–Crippen MR) is 114 cm³/mol. The molecule has 2 aromatic heterocycles. The third-order valence-corrected chi connectivity index (χ3v) is 5.24. The molecule has 0 atom stereocenters. The first-order valence-electron chi connectivity index (χ1n) is 8.94. The van der Waals surface area contributed by atoms with E-state index in [0.29, 0.717) is 22.5 Å². The Hall–Kier alpha value is -3.44. The van der Waals surface area contributed by atoms with Gasteiger partial charge in [0.1, 0.15) is 5.82 Å². The van der Waals surface area contributed by atoms with E-state index < -0.39 is 9.84 Å². The van der Waals surface area contributed by atoms with E-state index in [0.717, 1.165) is 17.9 Å². The number of sulfone groups is 1. The van der Waals surface area contributed by atoms with Crippen LogP contribution >= 0.6 is 0 Å². The molecule has 29 heavy (non-hydrogen) atoms. The molecule has 3 aromatic rings. The summed E-state index contributed by atoms with van der Waals surface area (Å²) in [4.78, 5) is 13.1. The fourth-order valence-electron chi connectivity index (χ4n) is 2.70. The second-order valence-corrected chi connectivity index (χ2v) is 8.42.